The van der Waals surface area contributed by atoms with Crippen molar-refractivity contribution in [2.45, 2.75) is 24.8 Å². The van der Waals surface area contributed by atoms with Crippen molar-refractivity contribution in [3.05, 3.63) is 0 Å². The van der Waals surface area contributed by atoms with Gasteiger partial charge in [0.1, 0.15) is 0 Å². The lowest BCUT2D eigenvalue weighted by molar-refractivity contribution is -0.137. The lowest BCUT2D eigenvalue weighted by Crippen LogP contribution is -2.15. The van der Waals surface area contributed by atoms with Crippen molar-refractivity contribution in [1.29, 1.82) is 0 Å². The highest BCUT2D eigenvalue weighted by Crippen LogP contribution is 2.25. The van der Waals surface area contributed by atoms with E-state index in [1.54, 1.807) is 0 Å². The second kappa shape index (κ2) is 4.59. The molecule has 1 N–H and O–H groups in total. The van der Waals surface area contributed by atoms with E-state index in [1.807, 2.05) is 0 Å². The zero-order chi connectivity index (χ0) is 9.78. The number of hydrogen-bond acceptors (Lipinski definition) is 2. The zero-order valence-electron chi connectivity index (χ0n) is 6.39. The van der Waals surface area contributed by atoms with Gasteiger partial charge in [0, 0.05) is 5.25 Å². The normalized spacial score (nSPS) is 14.3. The van der Waals surface area contributed by atoms with Crippen molar-refractivity contribution >= 4 is 17.7 Å². The van der Waals surface area contributed by atoms with E-state index in [-0.39, 0.29) is 6.42 Å². The van der Waals surface area contributed by atoms with Gasteiger partial charge in [-0.25, -0.2) is 0 Å². The average Bonchev–Trinajstić information content (AvgIpc) is 1.80. The maximum absolute atomic E-state index is 11.6. The Balaban J connectivity index is 3.57. The first-order valence-electron chi connectivity index (χ1n) is 3.21. The van der Waals surface area contributed by atoms with Gasteiger partial charge in [-0.2, -0.15) is 13.2 Å². The number of halogens is 3. The maximum atomic E-state index is 11.6. The number of carboxylic acid groups (broad SMARTS) is 1. The summed E-state index contributed by atoms with van der Waals surface area (Å²) < 4.78 is 34.8. The molecule has 6 heteroatoms. The number of rotatable bonds is 4. The van der Waals surface area contributed by atoms with Gasteiger partial charge in [-0.3, -0.25) is 4.79 Å². The molecule has 0 aromatic heterocycles. The average molecular weight is 202 g/mol. The molecule has 0 heterocycles. The fraction of sp³-hybridized carbons (Fsp3) is 0.833. The van der Waals surface area contributed by atoms with Crippen LogP contribution in [0.5, 0.6) is 0 Å². The van der Waals surface area contributed by atoms with Crippen molar-refractivity contribution in [2.24, 2.45) is 0 Å². The predicted octanol–water partition coefficient (Wildman–Crippen LogP) is 2.15. The highest BCUT2D eigenvalue weighted by atomic mass is 32.2. The minimum absolute atomic E-state index is 0.235. The Kier molecular flexibility index (Phi) is 4.44. The van der Waals surface area contributed by atoms with Crippen LogP contribution in [0, 0.1) is 0 Å². The van der Waals surface area contributed by atoms with Crippen LogP contribution in [-0.4, -0.2) is 28.3 Å². The topological polar surface area (TPSA) is 37.3 Å². The van der Waals surface area contributed by atoms with Gasteiger partial charge in [0.15, 0.2) is 0 Å². The molecule has 0 saturated carbocycles. The second-order valence-electron chi connectivity index (χ2n) is 2.33. The molecule has 12 heavy (non-hydrogen) atoms. The van der Waals surface area contributed by atoms with Gasteiger partial charge in [0.25, 0.3) is 0 Å². The standard InChI is InChI=1S/C6H9F3O2S/c1-4(2-5(10)11)12-3-6(7,8)9/h4H,2-3H2,1H3,(H,10,11). The van der Waals surface area contributed by atoms with Crippen molar-refractivity contribution in [2.75, 3.05) is 5.75 Å². The monoisotopic (exact) mass is 202 g/mol. The molecule has 0 spiro atoms. The first-order chi connectivity index (χ1) is 5.31. The summed E-state index contributed by atoms with van der Waals surface area (Å²) in [4.78, 5) is 10.0. The van der Waals surface area contributed by atoms with Crippen LogP contribution in [0.4, 0.5) is 13.2 Å². The second-order valence-corrected chi connectivity index (χ2v) is 3.76. The Morgan fingerprint density at radius 1 is 1.58 bits per heavy atom. The van der Waals surface area contributed by atoms with Crippen molar-refractivity contribution < 1.29 is 23.1 Å². The molecule has 0 aromatic carbocycles. The molecule has 0 saturated heterocycles. The van der Waals surface area contributed by atoms with Gasteiger partial charge in [-0.05, 0) is 0 Å². The number of carbonyl (C=O) groups is 1. The minimum Gasteiger partial charge on any atom is -0.481 e. The van der Waals surface area contributed by atoms with E-state index in [0.717, 1.165) is 0 Å². The maximum Gasteiger partial charge on any atom is 0.397 e. The molecule has 0 radical (unpaired) electrons. The van der Waals surface area contributed by atoms with Crippen LogP contribution < -0.4 is 0 Å². The third-order valence-corrected chi connectivity index (χ3v) is 2.22. The summed E-state index contributed by atoms with van der Waals surface area (Å²) in [7, 11) is 0. The van der Waals surface area contributed by atoms with E-state index in [9.17, 15) is 18.0 Å². The van der Waals surface area contributed by atoms with E-state index in [4.69, 9.17) is 5.11 Å². The number of aliphatic carboxylic acids is 1. The fourth-order valence-electron chi connectivity index (χ4n) is 0.542. The number of hydrogen-bond donors (Lipinski definition) is 1. The van der Waals surface area contributed by atoms with E-state index in [0.29, 0.717) is 11.8 Å². The molecule has 0 fully saturated rings. The number of alkyl halides is 3. The van der Waals surface area contributed by atoms with E-state index >= 15 is 0 Å². The van der Waals surface area contributed by atoms with Gasteiger partial charge < -0.3 is 5.11 Å². The molecular formula is C6H9F3O2S. The van der Waals surface area contributed by atoms with Crippen LogP contribution in [0.3, 0.4) is 0 Å². The molecule has 0 rings (SSSR count). The number of thioether (sulfide) groups is 1. The van der Waals surface area contributed by atoms with Crippen LogP contribution >= 0.6 is 11.8 Å². The summed E-state index contributed by atoms with van der Waals surface area (Å²) >= 11 is 0.606. The van der Waals surface area contributed by atoms with Crippen LogP contribution in [0.1, 0.15) is 13.3 Å². The lowest BCUT2D eigenvalue weighted by atomic mass is 10.3. The van der Waals surface area contributed by atoms with Crippen molar-refractivity contribution in [3.63, 3.8) is 0 Å². The first-order valence-corrected chi connectivity index (χ1v) is 4.26. The Morgan fingerprint density at radius 2 is 2.08 bits per heavy atom. The molecule has 0 aromatic rings. The summed E-state index contributed by atoms with van der Waals surface area (Å²) in [6.45, 7) is 1.46. The van der Waals surface area contributed by atoms with E-state index in [1.165, 1.54) is 6.92 Å². The smallest absolute Gasteiger partial charge is 0.397 e. The highest BCUT2D eigenvalue weighted by Gasteiger charge is 2.28. The number of carboxylic acids is 1. The van der Waals surface area contributed by atoms with Crippen molar-refractivity contribution in [1.82, 2.24) is 0 Å². The Hall–Kier alpha value is -0.390. The molecular weight excluding hydrogens is 193 g/mol. The van der Waals surface area contributed by atoms with Crippen LogP contribution in [0.15, 0.2) is 0 Å². The van der Waals surface area contributed by atoms with E-state index < -0.39 is 23.1 Å². The first kappa shape index (κ1) is 11.6. The lowest BCUT2D eigenvalue weighted by Gasteiger charge is -2.10. The van der Waals surface area contributed by atoms with Gasteiger partial charge in [-0.1, -0.05) is 6.92 Å². The minimum atomic E-state index is -4.21. The van der Waals surface area contributed by atoms with Crippen molar-refractivity contribution in [3.8, 4) is 0 Å². The predicted molar refractivity (Wildman–Crippen MR) is 40.2 cm³/mol. The highest BCUT2D eigenvalue weighted by molar-refractivity contribution is 7.99. The summed E-state index contributed by atoms with van der Waals surface area (Å²) in [6.07, 6.45) is -4.45. The molecule has 2 nitrogen and oxygen atoms in total. The fourth-order valence-corrected chi connectivity index (χ4v) is 1.28. The van der Waals surface area contributed by atoms with Crippen LogP contribution in [-0.2, 0) is 4.79 Å². The van der Waals surface area contributed by atoms with Gasteiger partial charge in [0.05, 0.1) is 12.2 Å². The summed E-state index contributed by atoms with van der Waals surface area (Å²) in [5, 5.41) is 7.72. The molecule has 0 bridgehead atoms. The molecule has 0 aliphatic carbocycles. The molecule has 0 aliphatic heterocycles. The molecule has 72 valence electrons. The van der Waals surface area contributed by atoms with Gasteiger partial charge >= 0.3 is 12.1 Å². The largest absolute Gasteiger partial charge is 0.481 e. The third-order valence-electron chi connectivity index (χ3n) is 0.994. The zero-order valence-corrected chi connectivity index (χ0v) is 7.21. The molecule has 0 amide bonds. The summed E-state index contributed by atoms with van der Waals surface area (Å²) in [6, 6.07) is 0. The molecule has 1 atom stereocenters. The Labute approximate surface area is 72.1 Å². The van der Waals surface area contributed by atoms with Gasteiger partial charge in [-0.15, -0.1) is 11.8 Å². The molecule has 1 unspecified atom stereocenters. The SMILES string of the molecule is CC(CC(=O)O)SCC(F)(F)F. The van der Waals surface area contributed by atoms with E-state index in [2.05, 4.69) is 0 Å². The Bertz CT molecular complexity index is 157. The summed E-state index contributed by atoms with van der Waals surface area (Å²) in [5.41, 5.74) is 0. The van der Waals surface area contributed by atoms with Crippen LogP contribution in [0.25, 0.3) is 0 Å². The van der Waals surface area contributed by atoms with Crippen LogP contribution in [0.2, 0.25) is 0 Å². The Morgan fingerprint density at radius 3 is 2.42 bits per heavy atom. The van der Waals surface area contributed by atoms with Gasteiger partial charge in [0.2, 0.25) is 0 Å². The summed E-state index contributed by atoms with van der Waals surface area (Å²) in [5.74, 6) is -2.06. The molecule has 0 aliphatic rings. The third kappa shape index (κ3) is 7.71. The quantitative estimate of drug-likeness (QED) is 0.758.